The quantitative estimate of drug-likeness (QED) is 0.335. The number of rotatable bonds is 6. The van der Waals surface area contributed by atoms with Gasteiger partial charge in [-0.15, -0.1) is 0 Å². The van der Waals surface area contributed by atoms with Gasteiger partial charge in [0, 0.05) is 11.1 Å². The van der Waals surface area contributed by atoms with E-state index in [1.54, 1.807) is 24.3 Å². The van der Waals surface area contributed by atoms with E-state index in [1.165, 1.54) is 0 Å². The summed E-state index contributed by atoms with van der Waals surface area (Å²) in [6.07, 6.45) is 0. The molecule has 5 rings (SSSR count). The van der Waals surface area contributed by atoms with Crippen LogP contribution in [0, 0.1) is 0 Å². The monoisotopic (exact) mass is 424 g/mol. The molecule has 0 bridgehead atoms. The van der Waals surface area contributed by atoms with Gasteiger partial charge in [-0.05, 0) is 48.5 Å². The highest BCUT2D eigenvalue weighted by Crippen LogP contribution is 2.12. The van der Waals surface area contributed by atoms with E-state index in [-0.39, 0.29) is 24.9 Å². The Kier molecular flexibility index (Phi) is 5.09. The summed E-state index contributed by atoms with van der Waals surface area (Å²) in [5.74, 6) is 0.890. The van der Waals surface area contributed by atoms with Crippen molar-refractivity contribution in [2.45, 2.75) is 13.1 Å². The average Bonchev–Trinajstić information content (AvgIpc) is 3.44. The number of hydrogen-bond donors (Lipinski definition) is 4. The zero-order valence-electron chi connectivity index (χ0n) is 17.1. The Bertz CT molecular complexity index is 1240. The van der Waals surface area contributed by atoms with Crippen LogP contribution in [0.25, 0.3) is 22.1 Å². The Morgan fingerprint density at radius 1 is 0.625 bits per heavy atom. The minimum Gasteiger partial charge on any atom is -0.345 e. The molecule has 2 aromatic heterocycles. The van der Waals surface area contributed by atoms with Crippen LogP contribution in [0.2, 0.25) is 0 Å². The maximum absolute atomic E-state index is 12.4. The molecule has 4 N–H and O–H groups in total. The summed E-state index contributed by atoms with van der Waals surface area (Å²) in [6.45, 7) is 0.570. The first-order valence-corrected chi connectivity index (χ1v) is 10.2. The van der Waals surface area contributed by atoms with Crippen LogP contribution >= 0.6 is 0 Å². The molecule has 32 heavy (non-hydrogen) atoms. The Morgan fingerprint density at radius 3 is 1.44 bits per heavy atom. The molecule has 2 heterocycles. The fraction of sp³-hybridized carbons (Fsp3) is 0.0833. The van der Waals surface area contributed by atoms with E-state index < -0.39 is 0 Å². The molecule has 0 saturated heterocycles. The minimum absolute atomic E-state index is 0.236. The molecular formula is C24H20N6O2. The van der Waals surface area contributed by atoms with Gasteiger partial charge in [-0.25, -0.2) is 9.97 Å². The number of hydrogen-bond acceptors (Lipinski definition) is 4. The third-order valence-electron chi connectivity index (χ3n) is 5.12. The molecule has 158 valence electrons. The zero-order valence-corrected chi connectivity index (χ0v) is 17.1. The molecule has 0 fully saturated rings. The molecule has 0 atom stereocenters. The van der Waals surface area contributed by atoms with Gasteiger partial charge in [-0.1, -0.05) is 24.3 Å². The predicted octanol–water partition coefficient (Wildman–Crippen LogP) is 3.30. The summed E-state index contributed by atoms with van der Waals surface area (Å²) in [4.78, 5) is 40.1. The number of fused-ring (bicyclic) bond motifs is 2. The number of para-hydroxylation sites is 4. The first-order valence-electron chi connectivity index (χ1n) is 10.2. The normalized spacial score (nSPS) is 11.0. The fourth-order valence-electron chi connectivity index (χ4n) is 3.48. The molecule has 8 heteroatoms. The Morgan fingerprint density at radius 2 is 1.03 bits per heavy atom. The van der Waals surface area contributed by atoms with E-state index in [2.05, 4.69) is 30.6 Å². The van der Waals surface area contributed by atoms with Gasteiger partial charge in [0.15, 0.2) is 0 Å². The summed E-state index contributed by atoms with van der Waals surface area (Å²) in [6, 6.07) is 21.9. The summed E-state index contributed by atoms with van der Waals surface area (Å²) >= 11 is 0. The van der Waals surface area contributed by atoms with Gasteiger partial charge in [0.05, 0.1) is 35.2 Å². The first-order chi connectivity index (χ1) is 15.7. The van der Waals surface area contributed by atoms with E-state index in [0.29, 0.717) is 22.8 Å². The lowest BCUT2D eigenvalue weighted by Gasteiger charge is -2.06. The molecule has 0 unspecified atom stereocenters. The van der Waals surface area contributed by atoms with E-state index in [4.69, 9.17) is 0 Å². The third kappa shape index (κ3) is 4.06. The fourth-order valence-corrected chi connectivity index (χ4v) is 3.48. The Hall–Kier alpha value is -4.46. The second-order valence-corrected chi connectivity index (χ2v) is 7.34. The second kappa shape index (κ2) is 8.35. The van der Waals surface area contributed by atoms with Crippen LogP contribution < -0.4 is 10.6 Å². The second-order valence-electron chi connectivity index (χ2n) is 7.34. The molecular weight excluding hydrogens is 404 g/mol. The standard InChI is InChI=1S/C24H20N6O2/c31-23(25-13-21-27-17-5-1-2-6-18(17)28-21)15-9-11-16(12-10-15)24(32)26-14-22-29-19-7-3-4-8-20(19)30-22/h1-12H,13-14H2,(H,25,31)(H,26,32)(H,27,28)(H,29,30). The lowest BCUT2D eigenvalue weighted by atomic mass is 10.1. The number of carbonyl (C=O) groups excluding carboxylic acids is 2. The molecule has 0 aliphatic heterocycles. The smallest absolute Gasteiger partial charge is 0.251 e. The van der Waals surface area contributed by atoms with Crippen molar-refractivity contribution in [2.75, 3.05) is 0 Å². The lowest BCUT2D eigenvalue weighted by Crippen LogP contribution is -2.25. The topological polar surface area (TPSA) is 116 Å². The third-order valence-corrected chi connectivity index (χ3v) is 5.12. The number of aromatic amines is 2. The van der Waals surface area contributed by atoms with Gasteiger partial charge in [0.2, 0.25) is 0 Å². The van der Waals surface area contributed by atoms with Crippen molar-refractivity contribution in [1.29, 1.82) is 0 Å². The van der Waals surface area contributed by atoms with Crippen LogP contribution in [0.5, 0.6) is 0 Å². The van der Waals surface area contributed by atoms with E-state index in [1.807, 2.05) is 48.5 Å². The van der Waals surface area contributed by atoms with Crippen LogP contribution in [-0.4, -0.2) is 31.8 Å². The first kappa shape index (κ1) is 19.5. The van der Waals surface area contributed by atoms with E-state index in [0.717, 1.165) is 22.1 Å². The van der Waals surface area contributed by atoms with Crippen molar-refractivity contribution in [1.82, 2.24) is 30.6 Å². The maximum Gasteiger partial charge on any atom is 0.251 e. The van der Waals surface area contributed by atoms with Crippen molar-refractivity contribution >= 4 is 33.9 Å². The zero-order chi connectivity index (χ0) is 21.9. The van der Waals surface area contributed by atoms with Crippen LogP contribution in [0.1, 0.15) is 32.4 Å². The predicted molar refractivity (Wildman–Crippen MR) is 121 cm³/mol. The maximum atomic E-state index is 12.4. The molecule has 3 aromatic carbocycles. The molecule has 0 aliphatic carbocycles. The number of nitrogens with zero attached hydrogens (tertiary/aromatic N) is 2. The summed E-state index contributed by atoms with van der Waals surface area (Å²) in [5.41, 5.74) is 4.50. The molecule has 0 saturated carbocycles. The van der Waals surface area contributed by atoms with Crippen LogP contribution in [0.3, 0.4) is 0 Å². The van der Waals surface area contributed by atoms with E-state index in [9.17, 15) is 9.59 Å². The molecule has 8 nitrogen and oxygen atoms in total. The van der Waals surface area contributed by atoms with Crippen LogP contribution in [-0.2, 0) is 13.1 Å². The number of nitrogens with one attached hydrogen (secondary N) is 4. The van der Waals surface area contributed by atoms with Crippen molar-refractivity contribution in [3.63, 3.8) is 0 Å². The summed E-state index contributed by atoms with van der Waals surface area (Å²) in [7, 11) is 0. The van der Waals surface area contributed by atoms with Crippen molar-refractivity contribution < 1.29 is 9.59 Å². The molecule has 5 aromatic rings. The van der Waals surface area contributed by atoms with Crippen molar-refractivity contribution in [3.05, 3.63) is 95.6 Å². The van der Waals surface area contributed by atoms with Gasteiger partial charge in [0.1, 0.15) is 11.6 Å². The van der Waals surface area contributed by atoms with Crippen molar-refractivity contribution in [3.8, 4) is 0 Å². The van der Waals surface area contributed by atoms with Gasteiger partial charge in [-0.3, -0.25) is 9.59 Å². The molecule has 0 aliphatic rings. The Labute approximate surface area is 183 Å². The van der Waals surface area contributed by atoms with Crippen molar-refractivity contribution in [2.24, 2.45) is 0 Å². The van der Waals surface area contributed by atoms with Gasteiger partial charge in [0.25, 0.3) is 11.8 Å². The number of amides is 2. The highest BCUT2D eigenvalue weighted by molar-refractivity contribution is 5.97. The van der Waals surface area contributed by atoms with Gasteiger partial charge < -0.3 is 20.6 Å². The molecule has 2 amide bonds. The number of benzene rings is 3. The largest absolute Gasteiger partial charge is 0.345 e. The van der Waals surface area contributed by atoms with E-state index >= 15 is 0 Å². The minimum atomic E-state index is -0.236. The van der Waals surface area contributed by atoms with Crippen LogP contribution in [0.4, 0.5) is 0 Å². The van der Waals surface area contributed by atoms with Crippen LogP contribution in [0.15, 0.2) is 72.8 Å². The number of aromatic nitrogens is 4. The molecule has 0 radical (unpaired) electrons. The number of imidazole rings is 2. The number of carbonyl (C=O) groups is 2. The number of H-pyrrole nitrogens is 2. The highest BCUT2D eigenvalue weighted by atomic mass is 16.2. The van der Waals surface area contributed by atoms with Gasteiger partial charge >= 0.3 is 0 Å². The lowest BCUT2D eigenvalue weighted by molar-refractivity contribution is 0.0938. The highest BCUT2D eigenvalue weighted by Gasteiger charge is 2.11. The van der Waals surface area contributed by atoms with Gasteiger partial charge in [-0.2, -0.15) is 0 Å². The SMILES string of the molecule is O=C(NCc1nc2ccccc2[nH]1)c1ccc(C(=O)NCc2nc3ccccc3[nH]2)cc1. The summed E-state index contributed by atoms with van der Waals surface area (Å²) in [5, 5.41) is 5.68. The molecule has 0 spiro atoms. The summed E-state index contributed by atoms with van der Waals surface area (Å²) < 4.78 is 0. The average molecular weight is 424 g/mol. The Balaban J connectivity index is 1.17.